The molecule has 0 atom stereocenters. The highest BCUT2D eigenvalue weighted by Crippen LogP contribution is 2.39. The lowest BCUT2D eigenvalue weighted by atomic mass is 9.98. The summed E-state index contributed by atoms with van der Waals surface area (Å²) in [4.78, 5) is 39.1. The van der Waals surface area contributed by atoms with Crippen molar-refractivity contribution >= 4 is 52.3 Å². The standard InChI is InChI=1S/C27H17Cl3O4/c1-34-26(33)18-8-5-9-20-21(14-18)23(15-22(20)24(31)16-6-3-2-4-7-16)25(32)17-10-12-19(13-11-17)27(28,29)30/h2-15H,1H3. The Morgan fingerprint density at radius 2 is 1.21 bits per heavy atom. The van der Waals surface area contributed by atoms with Crippen LogP contribution in [0.15, 0.2) is 84.9 Å². The van der Waals surface area contributed by atoms with Crippen LogP contribution in [-0.4, -0.2) is 24.6 Å². The molecule has 4 nitrogen and oxygen atoms in total. The number of rotatable bonds is 5. The van der Waals surface area contributed by atoms with Crippen LogP contribution in [0.3, 0.4) is 0 Å². The average Bonchev–Trinajstić information content (AvgIpc) is 3.05. The zero-order valence-corrected chi connectivity index (χ0v) is 20.1. The van der Waals surface area contributed by atoms with Gasteiger partial charge in [-0.25, -0.2) is 4.79 Å². The molecule has 34 heavy (non-hydrogen) atoms. The van der Waals surface area contributed by atoms with Crippen molar-refractivity contribution in [3.63, 3.8) is 0 Å². The lowest BCUT2D eigenvalue weighted by Gasteiger charge is -2.11. The number of benzene rings is 2. The molecule has 170 valence electrons. The number of hydrogen-bond donors (Lipinski definition) is 0. The van der Waals surface area contributed by atoms with Crippen LogP contribution in [0.5, 0.6) is 0 Å². The Hall–Kier alpha value is -3.18. The predicted octanol–water partition coefficient (Wildman–Crippen LogP) is 6.87. The summed E-state index contributed by atoms with van der Waals surface area (Å²) in [6, 6.07) is 23.1. The van der Waals surface area contributed by atoms with E-state index in [1.807, 2.05) is 6.07 Å². The van der Waals surface area contributed by atoms with E-state index in [1.54, 1.807) is 78.9 Å². The van der Waals surface area contributed by atoms with Crippen molar-refractivity contribution in [1.29, 1.82) is 0 Å². The van der Waals surface area contributed by atoms with Gasteiger partial charge in [-0.2, -0.15) is 0 Å². The Morgan fingerprint density at radius 1 is 0.647 bits per heavy atom. The van der Waals surface area contributed by atoms with E-state index in [1.165, 1.54) is 7.11 Å². The molecule has 0 heterocycles. The third kappa shape index (κ3) is 4.71. The van der Waals surface area contributed by atoms with Crippen molar-refractivity contribution in [3.8, 4) is 11.1 Å². The highest BCUT2D eigenvalue weighted by atomic mass is 35.6. The van der Waals surface area contributed by atoms with Crippen molar-refractivity contribution in [1.82, 2.24) is 0 Å². The van der Waals surface area contributed by atoms with Gasteiger partial charge in [0.2, 0.25) is 3.79 Å². The Bertz CT molecular complexity index is 1360. The van der Waals surface area contributed by atoms with Crippen molar-refractivity contribution in [2.45, 2.75) is 3.79 Å². The Labute approximate surface area is 211 Å². The van der Waals surface area contributed by atoms with E-state index < -0.39 is 9.76 Å². The number of carbonyl (C=O) groups excluding carboxylic acids is 3. The molecule has 0 bridgehead atoms. The van der Waals surface area contributed by atoms with Crippen molar-refractivity contribution in [3.05, 3.63) is 118 Å². The first-order valence-corrected chi connectivity index (χ1v) is 11.3. The molecule has 2 aromatic carbocycles. The maximum atomic E-state index is 13.5. The fraction of sp³-hybridized carbons (Fsp3) is 0.0741. The van der Waals surface area contributed by atoms with Gasteiger partial charge in [-0.15, -0.1) is 0 Å². The summed E-state index contributed by atoms with van der Waals surface area (Å²) in [6.45, 7) is 0. The summed E-state index contributed by atoms with van der Waals surface area (Å²) in [6.07, 6.45) is 0. The highest BCUT2D eigenvalue weighted by Gasteiger charge is 2.27. The fourth-order valence-corrected chi connectivity index (χ4v) is 4.09. The lowest BCUT2D eigenvalue weighted by Crippen LogP contribution is -2.04. The summed E-state index contributed by atoms with van der Waals surface area (Å²) >= 11 is 17.8. The predicted molar refractivity (Wildman–Crippen MR) is 133 cm³/mol. The van der Waals surface area contributed by atoms with Crippen LogP contribution >= 0.6 is 34.8 Å². The van der Waals surface area contributed by atoms with Crippen molar-refractivity contribution in [2.24, 2.45) is 0 Å². The molecule has 0 aliphatic heterocycles. The van der Waals surface area contributed by atoms with Gasteiger partial charge in [0.15, 0.2) is 11.6 Å². The maximum absolute atomic E-state index is 13.5. The fourth-order valence-electron chi connectivity index (χ4n) is 3.71. The summed E-state index contributed by atoms with van der Waals surface area (Å²) in [5.41, 5.74) is 3.13. The minimum atomic E-state index is -1.62. The van der Waals surface area contributed by atoms with Crippen LogP contribution in [0, 0.1) is 0 Å². The van der Waals surface area contributed by atoms with Gasteiger partial charge >= 0.3 is 5.97 Å². The molecule has 2 aliphatic carbocycles. The Kier molecular flexibility index (Phi) is 6.76. The Balaban J connectivity index is 1.88. The van der Waals surface area contributed by atoms with E-state index in [2.05, 4.69) is 0 Å². The van der Waals surface area contributed by atoms with Gasteiger partial charge in [-0.1, -0.05) is 102 Å². The summed E-state index contributed by atoms with van der Waals surface area (Å²) in [5.74, 6) is -1.13. The molecule has 0 radical (unpaired) electrons. The van der Waals surface area contributed by atoms with Gasteiger partial charge in [0.05, 0.1) is 12.7 Å². The van der Waals surface area contributed by atoms with Gasteiger partial charge in [-0.3, -0.25) is 9.59 Å². The van der Waals surface area contributed by atoms with Gasteiger partial charge in [0.25, 0.3) is 0 Å². The van der Waals surface area contributed by atoms with Crippen molar-refractivity contribution in [2.75, 3.05) is 7.11 Å². The number of esters is 1. The van der Waals surface area contributed by atoms with E-state index in [-0.39, 0.29) is 22.7 Å². The molecule has 0 amide bonds. The number of carbonyl (C=O) groups is 3. The third-order valence-electron chi connectivity index (χ3n) is 5.42. The zero-order valence-electron chi connectivity index (χ0n) is 17.8. The number of ether oxygens (including phenoxy) is 1. The zero-order chi connectivity index (χ0) is 24.5. The lowest BCUT2D eigenvalue weighted by molar-refractivity contribution is 0.0600. The van der Waals surface area contributed by atoms with Gasteiger partial charge in [0.1, 0.15) is 0 Å². The first-order valence-electron chi connectivity index (χ1n) is 10.2. The first kappa shape index (κ1) is 24.0. The second kappa shape index (κ2) is 9.59. The summed E-state index contributed by atoms with van der Waals surface area (Å²) < 4.78 is 3.23. The molecule has 0 aromatic heterocycles. The molecule has 0 N–H and O–H groups in total. The molecule has 0 saturated carbocycles. The number of hydrogen-bond acceptors (Lipinski definition) is 4. The largest absolute Gasteiger partial charge is 0.465 e. The molecule has 0 unspecified atom stereocenters. The maximum Gasteiger partial charge on any atom is 0.337 e. The number of fused-ring (bicyclic) bond motifs is 1. The van der Waals surface area contributed by atoms with Crippen LogP contribution in [0.4, 0.5) is 0 Å². The summed E-state index contributed by atoms with van der Waals surface area (Å²) in [5, 5.41) is 0. The van der Waals surface area contributed by atoms with Crippen LogP contribution in [0.2, 0.25) is 0 Å². The van der Waals surface area contributed by atoms with Crippen LogP contribution in [-0.2, 0) is 8.53 Å². The number of alkyl halides is 3. The third-order valence-corrected chi connectivity index (χ3v) is 6.07. The van der Waals surface area contributed by atoms with Crippen LogP contribution in [0.1, 0.15) is 47.8 Å². The molecule has 2 aromatic rings. The quantitative estimate of drug-likeness (QED) is 0.167. The van der Waals surface area contributed by atoms with E-state index in [9.17, 15) is 14.4 Å². The van der Waals surface area contributed by atoms with E-state index >= 15 is 0 Å². The number of ketones is 2. The minimum absolute atomic E-state index is 0.234. The second-order valence-corrected chi connectivity index (χ2v) is 9.80. The van der Waals surface area contributed by atoms with Gasteiger partial charge < -0.3 is 4.74 Å². The SMILES string of the molecule is COC(=O)c1cccc2c(C(=O)c3ccccc3)cc(C(=O)c3ccc(C(Cl)(Cl)Cl)cc3)c-2c1. The normalized spacial score (nSPS) is 11.3. The second-order valence-electron chi connectivity index (χ2n) is 7.52. The topological polar surface area (TPSA) is 60.4 Å². The summed E-state index contributed by atoms with van der Waals surface area (Å²) in [7, 11) is 1.28. The van der Waals surface area contributed by atoms with E-state index in [4.69, 9.17) is 39.5 Å². The smallest absolute Gasteiger partial charge is 0.337 e. The number of methoxy groups -OCH3 is 1. The molecule has 7 heteroatoms. The molecular formula is C27H17Cl3O4. The average molecular weight is 512 g/mol. The number of halogens is 3. The monoisotopic (exact) mass is 510 g/mol. The van der Waals surface area contributed by atoms with Gasteiger partial charge in [0, 0.05) is 27.8 Å². The van der Waals surface area contributed by atoms with Crippen molar-refractivity contribution < 1.29 is 19.1 Å². The molecular weight excluding hydrogens is 495 g/mol. The molecule has 0 spiro atoms. The Morgan fingerprint density at radius 3 is 1.79 bits per heavy atom. The van der Waals surface area contributed by atoms with Crippen LogP contribution < -0.4 is 0 Å². The molecule has 4 rings (SSSR count). The molecule has 0 fully saturated rings. The van der Waals surface area contributed by atoms with E-state index in [0.717, 1.165) is 0 Å². The first-order chi connectivity index (χ1) is 16.2. The van der Waals surface area contributed by atoms with E-state index in [0.29, 0.717) is 33.4 Å². The minimum Gasteiger partial charge on any atom is -0.465 e. The highest BCUT2D eigenvalue weighted by molar-refractivity contribution is 6.66. The van der Waals surface area contributed by atoms with Gasteiger partial charge in [-0.05, 0) is 29.3 Å². The molecule has 0 saturated heterocycles. The molecule has 2 aliphatic rings. The van der Waals surface area contributed by atoms with Crippen LogP contribution in [0.25, 0.3) is 11.1 Å².